The molecule has 0 aliphatic heterocycles. The second-order valence-electron chi connectivity index (χ2n) is 4.85. The lowest BCUT2D eigenvalue weighted by molar-refractivity contribution is 0.0596. The van der Waals surface area contributed by atoms with Crippen molar-refractivity contribution in [3.8, 4) is 0 Å². The molecular formula is C14H22N2O4S. The molecule has 0 saturated carbocycles. The fraction of sp³-hybridized carbons (Fsp3) is 0.500. The number of nitrogens with one attached hydrogen (secondary N) is 2. The first-order valence-corrected chi connectivity index (χ1v) is 8.27. The first kappa shape index (κ1) is 17.6. The van der Waals surface area contributed by atoms with Crippen LogP contribution in [0.25, 0.3) is 0 Å². The van der Waals surface area contributed by atoms with Crippen molar-refractivity contribution >= 4 is 16.0 Å². The maximum absolute atomic E-state index is 12.2. The molecule has 7 heteroatoms. The molecule has 0 bridgehead atoms. The highest BCUT2D eigenvalue weighted by atomic mass is 32.2. The Morgan fingerprint density at radius 2 is 1.90 bits per heavy atom. The molecule has 0 aromatic heterocycles. The summed E-state index contributed by atoms with van der Waals surface area (Å²) in [4.78, 5) is 11.5. The van der Waals surface area contributed by atoms with Gasteiger partial charge in [0.05, 0.1) is 17.6 Å². The molecule has 21 heavy (non-hydrogen) atoms. The van der Waals surface area contributed by atoms with Crippen molar-refractivity contribution in [3.63, 3.8) is 0 Å². The largest absolute Gasteiger partial charge is 0.465 e. The summed E-state index contributed by atoms with van der Waals surface area (Å²) in [7, 11) is -2.51. The summed E-state index contributed by atoms with van der Waals surface area (Å²) < 4.78 is 31.6. The lowest BCUT2D eigenvalue weighted by Crippen LogP contribution is -2.30. The summed E-state index contributed by atoms with van der Waals surface area (Å²) in [5.41, 5.74) is 0.0350. The Bertz CT molecular complexity index is 570. The van der Waals surface area contributed by atoms with E-state index < -0.39 is 16.0 Å². The Morgan fingerprint density at radius 3 is 2.52 bits per heavy atom. The van der Waals surface area contributed by atoms with Crippen LogP contribution in [-0.2, 0) is 14.8 Å². The van der Waals surface area contributed by atoms with Gasteiger partial charge in [-0.2, -0.15) is 0 Å². The van der Waals surface area contributed by atoms with Gasteiger partial charge in [0.25, 0.3) is 0 Å². The number of hydrogen-bond donors (Lipinski definition) is 2. The Balaban J connectivity index is 2.73. The highest BCUT2D eigenvalue weighted by molar-refractivity contribution is 7.89. The van der Waals surface area contributed by atoms with Crippen molar-refractivity contribution in [1.82, 2.24) is 10.0 Å². The van der Waals surface area contributed by atoms with E-state index in [4.69, 9.17) is 0 Å². The number of hydrogen-bond acceptors (Lipinski definition) is 5. The van der Waals surface area contributed by atoms with E-state index in [1.165, 1.54) is 19.2 Å². The molecule has 1 rings (SSSR count). The first-order chi connectivity index (χ1) is 9.88. The van der Waals surface area contributed by atoms with E-state index in [-0.39, 0.29) is 10.5 Å². The molecular weight excluding hydrogens is 292 g/mol. The minimum Gasteiger partial charge on any atom is -0.465 e. The minimum atomic E-state index is -3.73. The molecule has 0 heterocycles. The molecule has 1 aromatic rings. The molecule has 0 aliphatic rings. The molecule has 0 atom stereocenters. The Kier molecular flexibility index (Phi) is 6.80. The molecule has 0 unspecified atom stereocenters. The number of carbonyl (C=O) groups excluding carboxylic acids is 1. The lowest BCUT2D eigenvalue weighted by Gasteiger charge is -2.11. The van der Waals surface area contributed by atoms with E-state index in [0.29, 0.717) is 19.0 Å². The number of ether oxygens (including phenoxy) is 1. The second-order valence-corrected chi connectivity index (χ2v) is 6.58. The van der Waals surface area contributed by atoms with Gasteiger partial charge in [-0.15, -0.1) is 0 Å². The molecule has 0 radical (unpaired) electrons. The molecule has 0 amide bonds. The zero-order valence-corrected chi connectivity index (χ0v) is 13.4. The predicted octanol–water partition coefficient (Wildman–Crippen LogP) is 1.14. The van der Waals surface area contributed by atoms with E-state index in [0.717, 1.165) is 6.54 Å². The smallest absolute Gasteiger partial charge is 0.339 e. The van der Waals surface area contributed by atoms with Gasteiger partial charge >= 0.3 is 5.97 Å². The maximum atomic E-state index is 12.2. The number of rotatable bonds is 8. The quantitative estimate of drug-likeness (QED) is 0.555. The van der Waals surface area contributed by atoms with Crippen LogP contribution in [0.4, 0.5) is 0 Å². The van der Waals surface area contributed by atoms with E-state index in [2.05, 4.69) is 14.8 Å². The predicted molar refractivity (Wildman–Crippen MR) is 80.7 cm³/mol. The van der Waals surface area contributed by atoms with E-state index in [1.807, 2.05) is 13.8 Å². The third-order valence-electron chi connectivity index (χ3n) is 2.78. The van der Waals surface area contributed by atoms with Gasteiger partial charge in [0, 0.05) is 12.6 Å². The standard InChI is InChI=1S/C14H22N2O4S/c1-11(2)15-9-6-10-16-21(18,19)13-8-5-4-7-12(13)14(17)20-3/h4-5,7-8,11,15-16H,6,9-10H2,1-3H3. The summed E-state index contributed by atoms with van der Waals surface area (Å²) in [5, 5.41) is 3.20. The van der Waals surface area contributed by atoms with Gasteiger partial charge < -0.3 is 10.1 Å². The van der Waals surface area contributed by atoms with E-state index in [1.54, 1.807) is 12.1 Å². The number of sulfonamides is 1. The van der Waals surface area contributed by atoms with Crippen molar-refractivity contribution in [1.29, 1.82) is 0 Å². The van der Waals surface area contributed by atoms with Crippen LogP contribution in [0.2, 0.25) is 0 Å². The van der Waals surface area contributed by atoms with Gasteiger partial charge in [0.15, 0.2) is 0 Å². The molecule has 0 saturated heterocycles. The van der Waals surface area contributed by atoms with Gasteiger partial charge in [-0.3, -0.25) is 0 Å². The SMILES string of the molecule is COC(=O)c1ccccc1S(=O)(=O)NCCCNC(C)C. The van der Waals surface area contributed by atoms with Crippen LogP contribution in [0.1, 0.15) is 30.6 Å². The maximum Gasteiger partial charge on any atom is 0.339 e. The van der Waals surface area contributed by atoms with Crippen molar-refractivity contribution in [2.45, 2.75) is 31.2 Å². The van der Waals surface area contributed by atoms with Crippen molar-refractivity contribution < 1.29 is 17.9 Å². The van der Waals surface area contributed by atoms with Crippen LogP contribution >= 0.6 is 0 Å². The average molecular weight is 314 g/mol. The Morgan fingerprint density at radius 1 is 1.24 bits per heavy atom. The Labute approximate surface area is 125 Å². The van der Waals surface area contributed by atoms with Crippen LogP contribution in [0.3, 0.4) is 0 Å². The summed E-state index contributed by atoms with van der Waals surface area (Å²) in [6, 6.07) is 6.35. The summed E-state index contributed by atoms with van der Waals surface area (Å²) in [6.07, 6.45) is 0.664. The third-order valence-corrected chi connectivity index (χ3v) is 4.30. The third kappa shape index (κ3) is 5.45. The van der Waals surface area contributed by atoms with Gasteiger partial charge in [-0.25, -0.2) is 17.9 Å². The molecule has 0 aliphatic carbocycles. The number of carbonyl (C=O) groups is 1. The van der Waals surface area contributed by atoms with E-state index >= 15 is 0 Å². The fourth-order valence-electron chi connectivity index (χ4n) is 1.74. The van der Waals surface area contributed by atoms with E-state index in [9.17, 15) is 13.2 Å². The number of esters is 1. The van der Waals surface area contributed by atoms with Crippen LogP contribution in [0.5, 0.6) is 0 Å². The van der Waals surface area contributed by atoms with Gasteiger partial charge in [-0.05, 0) is 25.1 Å². The van der Waals surface area contributed by atoms with Gasteiger partial charge in [-0.1, -0.05) is 26.0 Å². The van der Waals surface area contributed by atoms with Crippen LogP contribution < -0.4 is 10.0 Å². The molecule has 118 valence electrons. The highest BCUT2D eigenvalue weighted by Gasteiger charge is 2.21. The van der Waals surface area contributed by atoms with Crippen LogP contribution in [0.15, 0.2) is 29.2 Å². The Hall–Kier alpha value is -1.44. The summed E-state index contributed by atoms with van der Waals surface area (Å²) in [6.45, 7) is 5.07. The monoisotopic (exact) mass is 314 g/mol. The number of benzene rings is 1. The van der Waals surface area contributed by atoms with Gasteiger partial charge in [0.2, 0.25) is 10.0 Å². The second kappa shape index (κ2) is 8.11. The zero-order valence-electron chi connectivity index (χ0n) is 12.5. The van der Waals surface area contributed by atoms with Crippen molar-refractivity contribution in [3.05, 3.63) is 29.8 Å². The molecule has 1 aromatic carbocycles. The van der Waals surface area contributed by atoms with Crippen LogP contribution in [-0.4, -0.2) is 40.6 Å². The molecule has 6 nitrogen and oxygen atoms in total. The van der Waals surface area contributed by atoms with Gasteiger partial charge in [0.1, 0.15) is 0 Å². The number of methoxy groups -OCH3 is 1. The average Bonchev–Trinajstić information content (AvgIpc) is 2.45. The topological polar surface area (TPSA) is 84.5 Å². The fourth-order valence-corrected chi connectivity index (χ4v) is 3.01. The van der Waals surface area contributed by atoms with Crippen molar-refractivity contribution in [2.24, 2.45) is 0 Å². The molecule has 0 spiro atoms. The molecule has 0 fully saturated rings. The normalized spacial score (nSPS) is 11.6. The summed E-state index contributed by atoms with van der Waals surface area (Å²) in [5.74, 6) is -0.669. The molecule has 2 N–H and O–H groups in total. The highest BCUT2D eigenvalue weighted by Crippen LogP contribution is 2.16. The van der Waals surface area contributed by atoms with Crippen LogP contribution in [0, 0.1) is 0 Å². The van der Waals surface area contributed by atoms with Crippen molar-refractivity contribution in [2.75, 3.05) is 20.2 Å². The first-order valence-electron chi connectivity index (χ1n) is 6.79. The summed E-state index contributed by atoms with van der Waals surface area (Å²) >= 11 is 0. The minimum absolute atomic E-state index is 0.0350. The zero-order chi connectivity index (χ0) is 15.9. The lowest BCUT2D eigenvalue weighted by atomic mass is 10.2.